The van der Waals surface area contributed by atoms with E-state index < -0.39 is 23.0 Å². The molecule has 0 N–H and O–H groups in total. The maximum Gasteiger partial charge on any atom is 0.415 e. The topological polar surface area (TPSA) is 99.0 Å². The summed E-state index contributed by atoms with van der Waals surface area (Å²) in [4.78, 5) is 35.8. The number of hydrogen-bond donors (Lipinski definition) is 0. The number of nitrogens with zero attached hydrogens (tertiary/aromatic N) is 2. The summed E-state index contributed by atoms with van der Waals surface area (Å²) in [6.45, 7) is 1.51. The minimum Gasteiger partial charge on any atom is -0.467 e. The number of benzene rings is 2. The highest BCUT2D eigenvalue weighted by Crippen LogP contribution is 2.23. The summed E-state index contributed by atoms with van der Waals surface area (Å²) in [5.41, 5.74) is 0.943. The maximum absolute atomic E-state index is 12.6. The van der Waals surface area contributed by atoms with Crippen LogP contribution in [0.15, 0.2) is 54.6 Å². The largest absolute Gasteiger partial charge is 0.467 e. The van der Waals surface area contributed by atoms with Crippen LogP contribution in [-0.4, -0.2) is 30.1 Å². The number of methoxy groups -OCH3 is 1. The summed E-state index contributed by atoms with van der Waals surface area (Å²) in [5, 5.41) is 10.8. The quantitative estimate of drug-likeness (QED) is 0.446. The molecular formula is C18H18N2O6. The second-order valence-electron chi connectivity index (χ2n) is 5.38. The number of non-ortho nitro benzene ring substituents is 1. The zero-order valence-electron chi connectivity index (χ0n) is 14.3. The monoisotopic (exact) mass is 358 g/mol. The maximum atomic E-state index is 12.6. The van der Waals surface area contributed by atoms with Crippen molar-refractivity contribution in [3.05, 3.63) is 70.3 Å². The molecule has 0 aliphatic rings. The van der Waals surface area contributed by atoms with Crippen LogP contribution in [0.5, 0.6) is 0 Å². The average molecular weight is 358 g/mol. The number of carbonyl (C=O) groups excluding carboxylic acids is 2. The lowest BCUT2D eigenvalue weighted by molar-refractivity contribution is -0.384. The van der Waals surface area contributed by atoms with Gasteiger partial charge in [-0.25, -0.2) is 9.59 Å². The summed E-state index contributed by atoms with van der Waals surface area (Å²) < 4.78 is 9.98. The van der Waals surface area contributed by atoms with Crippen molar-refractivity contribution in [3.63, 3.8) is 0 Å². The van der Waals surface area contributed by atoms with Gasteiger partial charge in [-0.05, 0) is 24.6 Å². The van der Waals surface area contributed by atoms with Crippen molar-refractivity contribution in [1.29, 1.82) is 0 Å². The highest BCUT2D eigenvalue weighted by Gasteiger charge is 2.29. The van der Waals surface area contributed by atoms with Crippen LogP contribution < -0.4 is 4.90 Å². The van der Waals surface area contributed by atoms with E-state index in [4.69, 9.17) is 9.47 Å². The first-order chi connectivity index (χ1) is 12.4. The van der Waals surface area contributed by atoms with E-state index in [9.17, 15) is 19.7 Å². The fraction of sp³-hybridized carbons (Fsp3) is 0.222. The smallest absolute Gasteiger partial charge is 0.415 e. The van der Waals surface area contributed by atoms with E-state index in [1.54, 1.807) is 12.1 Å². The molecule has 0 aliphatic carbocycles. The Kier molecular flexibility index (Phi) is 6.26. The molecule has 0 saturated carbocycles. The Hall–Kier alpha value is -3.42. The first-order valence-corrected chi connectivity index (χ1v) is 7.76. The Bertz CT molecular complexity index is 776. The van der Waals surface area contributed by atoms with Crippen molar-refractivity contribution in [1.82, 2.24) is 0 Å². The highest BCUT2D eigenvalue weighted by molar-refractivity contribution is 5.95. The van der Waals surface area contributed by atoms with Crippen LogP contribution in [0.3, 0.4) is 0 Å². The van der Waals surface area contributed by atoms with Crippen LogP contribution in [0.1, 0.15) is 12.5 Å². The number of nitro benzene ring substituents is 1. The molecule has 26 heavy (non-hydrogen) atoms. The molecule has 8 heteroatoms. The molecule has 0 saturated heterocycles. The SMILES string of the molecule is COC(=O)C(C)N(C(=O)OCc1ccccc1)c1ccc([N+](=O)[O-])cc1. The lowest BCUT2D eigenvalue weighted by Gasteiger charge is -2.26. The van der Waals surface area contributed by atoms with Gasteiger partial charge in [0.25, 0.3) is 5.69 Å². The minimum atomic E-state index is -0.968. The van der Waals surface area contributed by atoms with E-state index >= 15 is 0 Å². The number of anilines is 1. The molecule has 1 amide bonds. The number of ether oxygens (including phenoxy) is 2. The molecule has 2 aromatic rings. The Labute approximate surface area is 150 Å². The van der Waals surface area contributed by atoms with Crippen LogP contribution in [0.25, 0.3) is 0 Å². The first kappa shape index (κ1) is 18.9. The number of carbonyl (C=O) groups is 2. The fourth-order valence-electron chi connectivity index (χ4n) is 2.29. The summed E-state index contributed by atoms with van der Waals surface area (Å²) in [7, 11) is 1.21. The van der Waals surface area contributed by atoms with Crippen molar-refractivity contribution in [2.45, 2.75) is 19.6 Å². The average Bonchev–Trinajstić information content (AvgIpc) is 2.67. The molecule has 2 rings (SSSR count). The van der Waals surface area contributed by atoms with Gasteiger partial charge in [-0.3, -0.25) is 15.0 Å². The van der Waals surface area contributed by atoms with E-state index in [-0.39, 0.29) is 18.0 Å². The van der Waals surface area contributed by atoms with Crippen molar-refractivity contribution in [3.8, 4) is 0 Å². The minimum absolute atomic E-state index is 0.0248. The Morgan fingerprint density at radius 1 is 1.12 bits per heavy atom. The molecule has 0 spiro atoms. The first-order valence-electron chi connectivity index (χ1n) is 7.76. The third kappa shape index (κ3) is 4.56. The van der Waals surface area contributed by atoms with E-state index in [0.717, 1.165) is 10.5 Å². The van der Waals surface area contributed by atoms with Gasteiger partial charge in [-0.1, -0.05) is 30.3 Å². The lowest BCUT2D eigenvalue weighted by Crippen LogP contribution is -2.44. The summed E-state index contributed by atoms with van der Waals surface area (Å²) in [6.07, 6.45) is -0.763. The number of esters is 1. The molecule has 0 aromatic heterocycles. The molecule has 0 aliphatic heterocycles. The molecule has 0 heterocycles. The van der Waals surface area contributed by atoms with Crippen molar-refractivity contribution >= 4 is 23.4 Å². The molecule has 0 radical (unpaired) electrons. The van der Waals surface area contributed by atoms with Crippen LogP contribution in [0.2, 0.25) is 0 Å². The Morgan fingerprint density at radius 3 is 2.27 bits per heavy atom. The van der Waals surface area contributed by atoms with Crippen LogP contribution >= 0.6 is 0 Å². The number of amides is 1. The standard InChI is InChI=1S/C18H18N2O6/c1-13(17(21)25-2)19(15-8-10-16(11-9-15)20(23)24)18(22)26-12-14-6-4-3-5-7-14/h3-11,13H,12H2,1-2H3. The van der Waals surface area contributed by atoms with Gasteiger partial charge in [0.1, 0.15) is 12.6 Å². The summed E-state index contributed by atoms with van der Waals surface area (Å²) in [5.74, 6) is -0.639. The van der Waals surface area contributed by atoms with Crippen molar-refractivity contribution in [2.75, 3.05) is 12.0 Å². The third-order valence-electron chi connectivity index (χ3n) is 3.67. The second kappa shape index (κ2) is 8.61. The number of hydrogen-bond acceptors (Lipinski definition) is 6. The molecule has 136 valence electrons. The van der Waals surface area contributed by atoms with Gasteiger partial charge in [0, 0.05) is 17.8 Å². The van der Waals surface area contributed by atoms with Crippen molar-refractivity contribution in [2.24, 2.45) is 0 Å². The molecule has 0 bridgehead atoms. The normalized spacial score (nSPS) is 11.3. The van der Waals surface area contributed by atoms with Gasteiger partial charge in [-0.15, -0.1) is 0 Å². The molecule has 1 unspecified atom stereocenters. The van der Waals surface area contributed by atoms with E-state index in [2.05, 4.69) is 0 Å². The molecule has 8 nitrogen and oxygen atoms in total. The van der Waals surface area contributed by atoms with Gasteiger partial charge in [0.15, 0.2) is 0 Å². The predicted molar refractivity (Wildman–Crippen MR) is 93.7 cm³/mol. The van der Waals surface area contributed by atoms with Crippen LogP contribution in [0.4, 0.5) is 16.2 Å². The molecule has 0 fully saturated rings. The number of rotatable bonds is 6. The van der Waals surface area contributed by atoms with Gasteiger partial charge < -0.3 is 9.47 Å². The van der Waals surface area contributed by atoms with E-state index in [1.807, 2.05) is 18.2 Å². The highest BCUT2D eigenvalue weighted by atomic mass is 16.6. The van der Waals surface area contributed by atoms with Crippen LogP contribution in [0, 0.1) is 10.1 Å². The second-order valence-corrected chi connectivity index (χ2v) is 5.38. The van der Waals surface area contributed by atoms with Crippen molar-refractivity contribution < 1.29 is 24.0 Å². The third-order valence-corrected chi connectivity index (χ3v) is 3.67. The van der Waals surface area contributed by atoms with E-state index in [0.29, 0.717) is 0 Å². The van der Waals surface area contributed by atoms with Gasteiger partial charge in [0.2, 0.25) is 0 Å². The molecule has 2 aromatic carbocycles. The number of nitro groups is 1. The van der Waals surface area contributed by atoms with Gasteiger partial charge >= 0.3 is 12.1 Å². The zero-order valence-corrected chi connectivity index (χ0v) is 14.3. The van der Waals surface area contributed by atoms with E-state index in [1.165, 1.54) is 38.3 Å². The zero-order chi connectivity index (χ0) is 19.1. The Morgan fingerprint density at radius 2 is 1.73 bits per heavy atom. The summed E-state index contributed by atoms with van der Waals surface area (Å²) in [6, 6.07) is 13.3. The van der Waals surface area contributed by atoms with Gasteiger partial charge in [-0.2, -0.15) is 0 Å². The molecule has 1 atom stereocenters. The molecular weight excluding hydrogens is 340 g/mol. The summed E-state index contributed by atoms with van der Waals surface area (Å²) >= 11 is 0. The predicted octanol–water partition coefficient (Wildman–Crippen LogP) is 3.30. The fourth-order valence-corrected chi connectivity index (χ4v) is 2.29. The van der Waals surface area contributed by atoms with Gasteiger partial charge in [0.05, 0.1) is 12.0 Å². The Balaban J connectivity index is 2.23. The van der Waals surface area contributed by atoms with Crippen LogP contribution in [-0.2, 0) is 20.9 Å². The lowest BCUT2D eigenvalue weighted by atomic mass is 10.2.